The average Bonchev–Trinajstić information content (AvgIpc) is 3.65. The number of amides is 1. The molecule has 1 saturated carbocycles. The van der Waals surface area contributed by atoms with Crippen LogP contribution in [0.4, 0.5) is 29.2 Å². The van der Waals surface area contributed by atoms with E-state index in [1.807, 2.05) is 30.3 Å². The summed E-state index contributed by atoms with van der Waals surface area (Å²) in [7, 11) is -2.24. The van der Waals surface area contributed by atoms with Crippen LogP contribution in [-0.2, 0) is 21.2 Å². The smallest absolute Gasteiger partial charge is 0.475 e. The standard InChI is InChI=1S/C25H36FN5O3S.C2HF3O2/c1-16(2)35(33,34)31(4)24-13-19(12-23(30-24)28-15-20-10-17(20)3)25(32)29-22(21(27)14-26)11-18-8-6-5-7-9-18;3-2(4,5)1(6)7/h5-9,12-13,16-17,20-22H,10-11,14-15,27H2,1-4H3,(H,28,30)(H,29,32);(H,6,7)/t17-,20+,21?,22?;/m0./s1. The Bertz CT molecular complexity index is 1310. The number of hydrogen-bond donors (Lipinski definition) is 4. The number of nitrogens with one attached hydrogen (secondary N) is 2. The fraction of sp³-hybridized carbons (Fsp3) is 0.519. The molecule has 2 aromatic rings. The van der Waals surface area contributed by atoms with Gasteiger partial charge in [0, 0.05) is 19.2 Å². The molecular formula is C27H37F4N5O5S. The number of aliphatic carboxylic acids is 1. The molecule has 10 nitrogen and oxygen atoms in total. The zero-order valence-corrected chi connectivity index (χ0v) is 24.5. The Balaban J connectivity index is 0.000000782. The van der Waals surface area contributed by atoms with E-state index < -0.39 is 52.1 Å². The van der Waals surface area contributed by atoms with Crippen LogP contribution in [0.2, 0.25) is 0 Å². The molecule has 1 aromatic heterocycles. The van der Waals surface area contributed by atoms with Crippen molar-refractivity contribution >= 4 is 33.5 Å². The minimum absolute atomic E-state index is 0.132. The molecule has 1 heterocycles. The van der Waals surface area contributed by atoms with Gasteiger partial charge in [0.1, 0.15) is 18.3 Å². The third kappa shape index (κ3) is 10.1. The van der Waals surface area contributed by atoms with Crippen LogP contribution >= 0.6 is 0 Å². The van der Waals surface area contributed by atoms with Crippen molar-refractivity contribution in [2.75, 3.05) is 29.9 Å². The third-order valence-electron chi connectivity index (χ3n) is 6.75. The quantitative estimate of drug-likeness (QED) is 0.263. The lowest BCUT2D eigenvalue weighted by Crippen LogP contribution is -2.50. The first-order valence-electron chi connectivity index (χ1n) is 13.2. The molecule has 0 radical (unpaired) electrons. The number of carboxylic acids is 1. The number of rotatable bonds is 12. The van der Waals surface area contributed by atoms with Gasteiger partial charge in [-0.3, -0.25) is 9.10 Å². The Hall–Kier alpha value is -3.46. The Kier molecular flexibility index (Phi) is 12.1. The van der Waals surface area contributed by atoms with Crippen molar-refractivity contribution in [3.05, 3.63) is 53.6 Å². The first-order chi connectivity index (χ1) is 19.5. The maximum absolute atomic E-state index is 13.5. The second kappa shape index (κ2) is 14.6. The predicted octanol–water partition coefficient (Wildman–Crippen LogP) is 3.60. The molecule has 3 rings (SSSR count). The largest absolute Gasteiger partial charge is 0.490 e. The van der Waals surface area contributed by atoms with Crippen molar-refractivity contribution < 1.29 is 40.7 Å². The molecule has 2 unspecified atom stereocenters. The van der Waals surface area contributed by atoms with Crippen LogP contribution in [0, 0.1) is 11.8 Å². The summed E-state index contributed by atoms with van der Waals surface area (Å²) in [4.78, 5) is 26.6. The highest BCUT2D eigenvalue weighted by molar-refractivity contribution is 7.93. The van der Waals surface area contributed by atoms with Gasteiger partial charge in [-0.25, -0.2) is 22.6 Å². The maximum Gasteiger partial charge on any atom is 0.490 e. The van der Waals surface area contributed by atoms with Gasteiger partial charge in [-0.05, 0) is 56.2 Å². The number of halogens is 4. The molecule has 5 N–H and O–H groups in total. The van der Waals surface area contributed by atoms with Crippen molar-refractivity contribution in [3.8, 4) is 0 Å². The van der Waals surface area contributed by atoms with Crippen LogP contribution in [0.5, 0.6) is 0 Å². The van der Waals surface area contributed by atoms with E-state index in [2.05, 4.69) is 22.5 Å². The van der Waals surface area contributed by atoms with E-state index in [0.29, 0.717) is 30.6 Å². The highest BCUT2D eigenvalue weighted by Crippen LogP contribution is 2.37. The van der Waals surface area contributed by atoms with Crippen molar-refractivity contribution in [3.63, 3.8) is 0 Å². The van der Waals surface area contributed by atoms with Gasteiger partial charge >= 0.3 is 12.1 Å². The van der Waals surface area contributed by atoms with E-state index in [1.54, 1.807) is 19.9 Å². The van der Waals surface area contributed by atoms with Crippen LogP contribution in [0.3, 0.4) is 0 Å². The molecule has 1 amide bonds. The highest BCUT2D eigenvalue weighted by Gasteiger charge is 2.38. The third-order valence-corrected chi connectivity index (χ3v) is 8.89. The molecule has 4 atom stereocenters. The monoisotopic (exact) mass is 619 g/mol. The Morgan fingerprint density at radius 2 is 1.76 bits per heavy atom. The average molecular weight is 620 g/mol. The number of aromatic nitrogens is 1. The molecule has 0 bridgehead atoms. The summed E-state index contributed by atoms with van der Waals surface area (Å²) in [5.74, 6) is -1.55. The minimum Gasteiger partial charge on any atom is -0.475 e. The van der Waals surface area contributed by atoms with Gasteiger partial charge in [-0.15, -0.1) is 0 Å². The fourth-order valence-electron chi connectivity index (χ4n) is 3.80. The number of benzene rings is 1. The highest BCUT2D eigenvalue weighted by atomic mass is 32.2. The lowest BCUT2D eigenvalue weighted by molar-refractivity contribution is -0.192. The summed E-state index contributed by atoms with van der Waals surface area (Å²) in [6.45, 7) is 5.23. The number of anilines is 2. The molecule has 1 aliphatic carbocycles. The van der Waals surface area contributed by atoms with E-state index in [4.69, 9.17) is 15.6 Å². The van der Waals surface area contributed by atoms with E-state index in [1.165, 1.54) is 13.1 Å². The fourth-order valence-corrected chi connectivity index (χ4v) is 4.79. The molecule has 1 aliphatic rings. The number of sulfonamides is 1. The molecule has 1 aromatic carbocycles. The predicted molar refractivity (Wildman–Crippen MR) is 151 cm³/mol. The Morgan fingerprint density at radius 1 is 1.19 bits per heavy atom. The normalized spacial score (nSPS) is 17.9. The van der Waals surface area contributed by atoms with Crippen LogP contribution in [-0.4, -0.2) is 74.2 Å². The molecule has 0 spiro atoms. The molecule has 0 aliphatic heterocycles. The summed E-state index contributed by atoms with van der Waals surface area (Å²) in [6.07, 6.45) is -3.61. The Morgan fingerprint density at radius 3 is 2.24 bits per heavy atom. The number of carbonyl (C=O) groups excluding carboxylic acids is 1. The van der Waals surface area contributed by atoms with Gasteiger partial charge < -0.3 is 21.5 Å². The summed E-state index contributed by atoms with van der Waals surface area (Å²) < 4.78 is 71.8. The number of pyridine rings is 1. The number of alkyl halides is 4. The SMILES string of the molecule is CC(C)S(=O)(=O)N(C)c1cc(C(=O)NC(Cc2ccccc2)C(N)CF)cc(NC[C@H]2C[C@@H]2C)n1.O=C(O)C(F)(F)F. The molecule has 0 saturated heterocycles. The van der Waals surface area contributed by atoms with Gasteiger partial charge in [-0.2, -0.15) is 13.2 Å². The summed E-state index contributed by atoms with van der Waals surface area (Å²) >= 11 is 0. The number of nitrogens with zero attached hydrogens (tertiary/aromatic N) is 2. The first-order valence-corrected chi connectivity index (χ1v) is 14.7. The molecule has 42 heavy (non-hydrogen) atoms. The van der Waals surface area contributed by atoms with E-state index in [9.17, 15) is 30.8 Å². The lowest BCUT2D eigenvalue weighted by Gasteiger charge is -2.25. The summed E-state index contributed by atoms with van der Waals surface area (Å²) in [6, 6.07) is 10.9. The lowest BCUT2D eigenvalue weighted by atomic mass is 10.00. The second-order valence-electron chi connectivity index (χ2n) is 10.4. The van der Waals surface area contributed by atoms with Gasteiger partial charge in [0.25, 0.3) is 5.91 Å². The van der Waals surface area contributed by atoms with Gasteiger partial charge in [0.15, 0.2) is 0 Å². The van der Waals surface area contributed by atoms with Crippen LogP contribution in [0.25, 0.3) is 0 Å². The summed E-state index contributed by atoms with van der Waals surface area (Å²) in [5.41, 5.74) is 7.12. The van der Waals surface area contributed by atoms with Gasteiger partial charge in [0.2, 0.25) is 10.0 Å². The van der Waals surface area contributed by atoms with Crippen LogP contribution < -0.4 is 20.7 Å². The first kappa shape index (κ1) is 34.7. The van der Waals surface area contributed by atoms with Crippen molar-refractivity contribution in [2.24, 2.45) is 17.6 Å². The number of hydrogen-bond acceptors (Lipinski definition) is 7. The number of carbonyl (C=O) groups is 2. The van der Waals surface area contributed by atoms with Crippen molar-refractivity contribution in [2.45, 2.75) is 57.1 Å². The molecule has 15 heteroatoms. The summed E-state index contributed by atoms with van der Waals surface area (Å²) in [5, 5.41) is 12.5. The van der Waals surface area contributed by atoms with Gasteiger partial charge in [0.05, 0.1) is 17.3 Å². The van der Waals surface area contributed by atoms with Crippen LogP contribution in [0.15, 0.2) is 42.5 Å². The zero-order valence-electron chi connectivity index (χ0n) is 23.7. The van der Waals surface area contributed by atoms with Crippen molar-refractivity contribution in [1.29, 1.82) is 0 Å². The number of nitrogens with two attached hydrogens (primary N) is 1. The van der Waals surface area contributed by atoms with E-state index in [-0.39, 0.29) is 11.4 Å². The maximum atomic E-state index is 13.5. The minimum atomic E-state index is -5.08. The van der Waals surface area contributed by atoms with E-state index >= 15 is 0 Å². The molecular weight excluding hydrogens is 582 g/mol. The Labute approximate surface area is 242 Å². The van der Waals surface area contributed by atoms with E-state index in [0.717, 1.165) is 16.3 Å². The van der Waals surface area contributed by atoms with Crippen LogP contribution in [0.1, 0.15) is 43.1 Å². The second-order valence-corrected chi connectivity index (χ2v) is 12.9. The van der Waals surface area contributed by atoms with Crippen molar-refractivity contribution in [1.82, 2.24) is 10.3 Å². The topological polar surface area (TPSA) is 155 Å². The zero-order chi connectivity index (χ0) is 31.8. The molecule has 1 fully saturated rings. The number of carboxylic acid groups (broad SMARTS) is 1. The van der Waals surface area contributed by atoms with Gasteiger partial charge in [-0.1, -0.05) is 37.3 Å². The molecule has 234 valence electrons.